The number of hydrogen-bond acceptors (Lipinski definition) is 4. The van der Waals surface area contributed by atoms with Gasteiger partial charge in [0.25, 0.3) is 0 Å². The zero-order valence-electron chi connectivity index (χ0n) is 9.76. The van der Waals surface area contributed by atoms with Crippen LogP contribution in [0.25, 0.3) is 10.9 Å². The van der Waals surface area contributed by atoms with E-state index in [4.69, 9.17) is 9.47 Å². The minimum Gasteiger partial charge on any atom is -0.496 e. The van der Waals surface area contributed by atoms with E-state index in [1.54, 1.807) is 17.8 Å². The second-order valence-corrected chi connectivity index (χ2v) is 3.58. The predicted octanol–water partition coefficient (Wildman–Crippen LogP) is 2.10. The molecule has 0 saturated carbocycles. The maximum atomic E-state index is 11.0. The fourth-order valence-electron chi connectivity index (χ4n) is 1.91. The Morgan fingerprint density at radius 3 is 2.59 bits per heavy atom. The van der Waals surface area contributed by atoms with Crippen LogP contribution < -0.4 is 9.47 Å². The molecule has 0 unspecified atom stereocenters. The molecule has 0 spiro atoms. The third-order valence-electron chi connectivity index (χ3n) is 2.67. The maximum absolute atomic E-state index is 11.0. The summed E-state index contributed by atoms with van der Waals surface area (Å²) in [4.78, 5) is 10.5. The Kier molecular flexibility index (Phi) is 2.63. The van der Waals surface area contributed by atoms with Crippen LogP contribution in [0.4, 0.5) is 5.69 Å². The van der Waals surface area contributed by atoms with Crippen molar-refractivity contribution < 1.29 is 14.4 Å². The highest BCUT2D eigenvalue weighted by molar-refractivity contribution is 5.95. The molecule has 1 aromatic heterocycles. The average Bonchev–Trinajstić information content (AvgIpc) is 2.69. The molecule has 0 aliphatic heterocycles. The molecule has 17 heavy (non-hydrogen) atoms. The van der Waals surface area contributed by atoms with Crippen molar-refractivity contribution in [2.45, 2.75) is 0 Å². The Morgan fingerprint density at radius 2 is 2.06 bits per heavy atom. The number of aryl methyl sites for hydroxylation is 1. The third kappa shape index (κ3) is 1.57. The van der Waals surface area contributed by atoms with Crippen LogP contribution in [0.5, 0.6) is 11.5 Å². The molecule has 0 N–H and O–H groups in total. The van der Waals surface area contributed by atoms with Crippen LogP contribution in [-0.4, -0.2) is 23.7 Å². The number of fused-ring (bicyclic) bond motifs is 1. The summed E-state index contributed by atoms with van der Waals surface area (Å²) in [5.74, 6) is 0.714. The third-order valence-corrected chi connectivity index (χ3v) is 2.67. The van der Waals surface area contributed by atoms with Crippen LogP contribution in [0.3, 0.4) is 0 Å². The SMILES string of the molecule is COc1cc([N+](=O)[O-])c(OC)c2c1ccn2C. The van der Waals surface area contributed by atoms with E-state index in [1.165, 1.54) is 20.3 Å². The highest BCUT2D eigenvalue weighted by Gasteiger charge is 2.23. The smallest absolute Gasteiger partial charge is 0.316 e. The molecule has 2 rings (SSSR count). The molecule has 0 amide bonds. The van der Waals surface area contributed by atoms with E-state index < -0.39 is 4.92 Å². The van der Waals surface area contributed by atoms with Gasteiger partial charge in [0.15, 0.2) is 0 Å². The van der Waals surface area contributed by atoms with Crippen molar-refractivity contribution in [1.82, 2.24) is 4.57 Å². The molecule has 2 aromatic rings. The molecule has 1 aromatic carbocycles. The van der Waals surface area contributed by atoms with E-state index in [-0.39, 0.29) is 11.4 Å². The summed E-state index contributed by atoms with van der Waals surface area (Å²) in [7, 11) is 4.70. The Labute approximate surface area is 97.5 Å². The number of ether oxygens (including phenoxy) is 2. The van der Waals surface area contributed by atoms with Crippen LogP contribution >= 0.6 is 0 Å². The molecule has 6 heteroatoms. The number of benzene rings is 1. The lowest BCUT2D eigenvalue weighted by Crippen LogP contribution is -1.98. The molecule has 0 aliphatic carbocycles. The van der Waals surface area contributed by atoms with Crippen LogP contribution in [0, 0.1) is 10.1 Å². The molecule has 90 valence electrons. The number of methoxy groups -OCH3 is 2. The number of nitro groups is 1. The monoisotopic (exact) mass is 236 g/mol. The van der Waals surface area contributed by atoms with E-state index in [0.29, 0.717) is 11.3 Å². The Balaban J connectivity index is 2.92. The average molecular weight is 236 g/mol. The van der Waals surface area contributed by atoms with E-state index in [2.05, 4.69) is 0 Å². The second-order valence-electron chi connectivity index (χ2n) is 3.58. The fourth-order valence-corrected chi connectivity index (χ4v) is 1.91. The van der Waals surface area contributed by atoms with Gasteiger partial charge in [-0.25, -0.2) is 0 Å². The normalized spacial score (nSPS) is 10.5. The van der Waals surface area contributed by atoms with Gasteiger partial charge in [-0.3, -0.25) is 10.1 Å². The van der Waals surface area contributed by atoms with Crippen molar-refractivity contribution in [3.05, 3.63) is 28.4 Å². The summed E-state index contributed by atoms with van der Waals surface area (Å²) in [5, 5.41) is 11.8. The molecule has 0 saturated heterocycles. The molecular weight excluding hydrogens is 224 g/mol. The van der Waals surface area contributed by atoms with Gasteiger partial charge >= 0.3 is 5.69 Å². The Hall–Kier alpha value is -2.24. The lowest BCUT2D eigenvalue weighted by Gasteiger charge is -2.08. The van der Waals surface area contributed by atoms with Gasteiger partial charge in [0.2, 0.25) is 5.75 Å². The molecular formula is C11H12N2O4. The van der Waals surface area contributed by atoms with Crippen molar-refractivity contribution in [1.29, 1.82) is 0 Å². The van der Waals surface area contributed by atoms with Crippen molar-refractivity contribution >= 4 is 16.6 Å². The molecule has 1 heterocycles. The van der Waals surface area contributed by atoms with Crippen molar-refractivity contribution in [2.75, 3.05) is 14.2 Å². The van der Waals surface area contributed by atoms with Crippen molar-refractivity contribution in [2.24, 2.45) is 7.05 Å². The van der Waals surface area contributed by atoms with Gasteiger partial charge in [0.1, 0.15) is 11.3 Å². The number of nitrogens with zero attached hydrogens (tertiary/aromatic N) is 2. The molecule has 0 atom stereocenters. The molecule has 0 radical (unpaired) electrons. The summed E-state index contributed by atoms with van der Waals surface area (Å²) >= 11 is 0. The highest BCUT2D eigenvalue weighted by atomic mass is 16.6. The standard InChI is InChI=1S/C11H12N2O4/c1-12-5-4-7-9(16-2)6-8(13(14)15)11(17-3)10(7)12/h4-6H,1-3H3. The van der Waals surface area contributed by atoms with Gasteiger partial charge in [0, 0.05) is 18.6 Å². The minimum absolute atomic E-state index is 0.0985. The van der Waals surface area contributed by atoms with Crippen molar-refractivity contribution in [3.8, 4) is 11.5 Å². The van der Waals surface area contributed by atoms with Gasteiger partial charge in [-0.05, 0) is 6.07 Å². The second kappa shape index (κ2) is 3.97. The zero-order chi connectivity index (χ0) is 12.6. The quantitative estimate of drug-likeness (QED) is 0.604. The summed E-state index contributed by atoms with van der Waals surface area (Å²) in [5.41, 5.74) is 0.553. The predicted molar refractivity (Wildman–Crippen MR) is 62.7 cm³/mol. The number of hydrogen-bond donors (Lipinski definition) is 0. The molecule has 0 aliphatic rings. The summed E-state index contributed by atoms with van der Waals surface area (Å²) in [6.07, 6.45) is 1.80. The number of rotatable bonds is 3. The lowest BCUT2D eigenvalue weighted by atomic mass is 10.2. The van der Waals surface area contributed by atoms with Crippen LogP contribution in [0.15, 0.2) is 18.3 Å². The largest absolute Gasteiger partial charge is 0.496 e. The van der Waals surface area contributed by atoms with Gasteiger partial charge in [0.05, 0.1) is 25.2 Å². The maximum Gasteiger partial charge on any atom is 0.316 e. The van der Waals surface area contributed by atoms with E-state index in [9.17, 15) is 10.1 Å². The van der Waals surface area contributed by atoms with Crippen LogP contribution in [0.2, 0.25) is 0 Å². The minimum atomic E-state index is -0.478. The highest BCUT2D eigenvalue weighted by Crippen LogP contribution is 2.41. The first-order valence-electron chi connectivity index (χ1n) is 4.94. The fraction of sp³-hybridized carbons (Fsp3) is 0.273. The van der Waals surface area contributed by atoms with Gasteiger partial charge in [-0.1, -0.05) is 0 Å². The Bertz CT molecular complexity index is 589. The first kappa shape index (κ1) is 11.3. The van der Waals surface area contributed by atoms with Gasteiger partial charge in [-0.2, -0.15) is 0 Å². The van der Waals surface area contributed by atoms with E-state index in [0.717, 1.165) is 5.39 Å². The number of nitro benzene ring substituents is 1. The van der Waals surface area contributed by atoms with Gasteiger partial charge in [-0.15, -0.1) is 0 Å². The van der Waals surface area contributed by atoms with Crippen LogP contribution in [0.1, 0.15) is 0 Å². The summed E-state index contributed by atoms with van der Waals surface area (Å²) in [6, 6.07) is 3.21. The van der Waals surface area contributed by atoms with E-state index in [1.807, 2.05) is 6.07 Å². The molecule has 0 fully saturated rings. The van der Waals surface area contributed by atoms with E-state index >= 15 is 0 Å². The zero-order valence-corrected chi connectivity index (χ0v) is 9.76. The first-order valence-corrected chi connectivity index (χ1v) is 4.94. The summed E-state index contributed by atoms with van der Waals surface area (Å²) < 4.78 is 12.1. The Morgan fingerprint density at radius 1 is 1.35 bits per heavy atom. The van der Waals surface area contributed by atoms with Crippen molar-refractivity contribution in [3.63, 3.8) is 0 Å². The van der Waals surface area contributed by atoms with Gasteiger partial charge < -0.3 is 14.0 Å². The molecule has 0 bridgehead atoms. The number of aromatic nitrogens is 1. The summed E-state index contributed by atoms with van der Waals surface area (Å²) in [6.45, 7) is 0. The van der Waals surface area contributed by atoms with Crippen LogP contribution in [-0.2, 0) is 7.05 Å². The molecule has 6 nitrogen and oxygen atoms in total. The lowest BCUT2D eigenvalue weighted by molar-refractivity contribution is -0.385. The topological polar surface area (TPSA) is 66.5 Å². The first-order chi connectivity index (χ1) is 8.10.